The molecule has 0 aliphatic carbocycles. The maximum atomic E-state index is 12.8. The summed E-state index contributed by atoms with van der Waals surface area (Å²) in [5.41, 5.74) is 0.640. The SMILES string of the molecule is CCCOc1ccc(N2C(=O)CC(N3CCC(C)CC3)C2=O)cc1. The van der Waals surface area contributed by atoms with E-state index in [0.29, 0.717) is 24.6 Å². The van der Waals surface area contributed by atoms with Gasteiger partial charge in [-0.25, -0.2) is 4.90 Å². The highest BCUT2D eigenvalue weighted by molar-refractivity contribution is 6.22. The summed E-state index contributed by atoms with van der Waals surface area (Å²) >= 11 is 0. The van der Waals surface area contributed by atoms with Gasteiger partial charge in [0.25, 0.3) is 5.91 Å². The molecule has 5 heteroatoms. The maximum absolute atomic E-state index is 12.8. The van der Waals surface area contributed by atoms with E-state index in [-0.39, 0.29) is 17.9 Å². The topological polar surface area (TPSA) is 49.9 Å². The van der Waals surface area contributed by atoms with Crippen LogP contribution in [0.5, 0.6) is 5.75 Å². The zero-order valence-corrected chi connectivity index (χ0v) is 14.5. The quantitative estimate of drug-likeness (QED) is 0.779. The Bertz CT molecular complexity index is 591. The molecule has 1 atom stereocenters. The van der Waals surface area contributed by atoms with Crippen LogP contribution < -0.4 is 9.64 Å². The average Bonchev–Trinajstić information content (AvgIpc) is 2.89. The van der Waals surface area contributed by atoms with Crippen LogP contribution in [0.15, 0.2) is 24.3 Å². The highest BCUT2D eigenvalue weighted by Gasteiger charge is 2.43. The minimum Gasteiger partial charge on any atom is -0.494 e. The van der Waals surface area contributed by atoms with Crippen LogP contribution in [0.4, 0.5) is 5.69 Å². The van der Waals surface area contributed by atoms with Gasteiger partial charge in [0.15, 0.2) is 0 Å². The van der Waals surface area contributed by atoms with Crippen LogP contribution in [0.3, 0.4) is 0 Å². The second-order valence-electron chi connectivity index (χ2n) is 6.85. The van der Waals surface area contributed by atoms with Gasteiger partial charge in [0.2, 0.25) is 5.91 Å². The maximum Gasteiger partial charge on any atom is 0.251 e. The Hall–Kier alpha value is -1.88. The minimum absolute atomic E-state index is 0.0863. The number of carbonyl (C=O) groups excluding carboxylic acids is 2. The van der Waals surface area contributed by atoms with Gasteiger partial charge in [-0.2, -0.15) is 0 Å². The molecule has 2 fully saturated rings. The lowest BCUT2D eigenvalue weighted by Gasteiger charge is -2.33. The lowest BCUT2D eigenvalue weighted by atomic mass is 9.97. The molecule has 1 aromatic carbocycles. The van der Waals surface area contributed by atoms with Gasteiger partial charge in [0.1, 0.15) is 5.75 Å². The molecule has 1 unspecified atom stereocenters. The number of nitrogens with zero attached hydrogens (tertiary/aromatic N) is 2. The second kappa shape index (κ2) is 7.34. The van der Waals surface area contributed by atoms with Gasteiger partial charge >= 0.3 is 0 Å². The first-order valence-corrected chi connectivity index (χ1v) is 8.94. The third-order valence-electron chi connectivity index (χ3n) is 4.95. The molecule has 2 aliphatic rings. The van der Waals surface area contributed by atoms with Crippen LogP contribution in [0.1, 0.15) is 39.5 Å². The number of ether oxygens (including phenoxy) is 1. The van der Waals surface area contributed by atoms with Crippen LogP contribution in [-0.2, 0) is 9.59 Å². The highest BCUT2D eigenvalue weighted by Crippen LogP contribution is 2.29. The predicted molar refractivity (Wildman–Crippen MR) is 93.1 cm³/mol. The summed E-state index contributed by atoms with van der Waals surface area (Å²) in [5, 5.41) is 0. The van der Waals surface area contributed by atoms with E-state index in [1.54, 1.807) is 12.1 Å². The molecule has 0 spiro atoms. The smallest absolute Gasteiger partial charge is 0.251 e. The Kier molecular flexibility index (Phi) is 5.19. The van der Waals surface area contributed by atoms with Gasteiger partial charge in [0, 0.05) is 0 Å². The highest BCUT2D eigenvalue weighted by atomic mass is 16.5. The lowest BCUT2D eigenvalue weighted by Crippen LogP contribution is -2.45. The standard InChI is InChI=1S/C19H26N2O3/c1-3-12-24-16-6-4-15(5-7-16)21-18(22)13-17(19(21)23)20-10-8-14(2)9-11-20/h4-7,14,17H,3,8-13H2,1-2H3. The van der Waals surface area contributed by atoms with E-state index >= 15 is 0 Å². The molecule has 24 heavy (non-hydrogen) atoms. The van der Waals surface area contributed by atoms with E-state index in [2.05, 4.69) is 18.7 Å². The summed E-state index contributed by atoms with van der Waals surface area (Å²) in [6.45, 7) is 6.77. The van der Waals surface area contributed by atoms with Crippen molar-refractivity contribution in [1.82, 2.24) is 4.90 Å². The zero-order chi connectivity index (χ0) is 17.1. The monoisotopic (exact) mass is 330 g/mol. The number of hydrogen-bond donors (Lipinski definition) is 0. The van der Waals surface area contributed by atoms with Crippen molar-refractivity contribution in [3.8, 4) is 5.75 Å². The van der Waals surface area contributed by atoms with Gasteiger partial charge in [-0.15, -0.1) is 0 Å². The first kappa shape index (κ1) is 17.0. The summed E-state index contributed by atoms with van der Waals surface area (Å²) in [5.74, 6) is 1.28. The molecule has 130 valence electrons. The van der Waals surface area contributed by atoms with Crippen LogP contribution in [0, 0.1) is 5.92 Å². The molecular weight excluding hydrogens is 304 g/mol. The number of imide groups is 1. The Morgan fingerprint density at radius 2 is 1.79 bits per heavy atom. The van der Waals surface area contributed by atoms with E-state index in [1.807, 2.05) is 12.1 Å². The van der Waals surface area contributed by atoms with Crippen molar-refractivity contribution >= 4 is 17.5 Å². The molecule has 2 saturated heterocycles. The van der Waals surface area contributed by atoms with Gasteiger partial charge in [-0.05, 0) is 62.5 Å². The fraction of sp³-hybridized carbons (Fsp3) is 0.579. The predicted octanol–water partition coefficient (Wildman–Crippen LogP) is 2.84. The molecule has 0 radical (unpaired) electrons. The van der Waals surface area contributed by atoms with Crippen molar-refractivity contribution in [2.45, 2.75) is 45.6 Å². The van der Waals surface area contributed by atoms with E-state index < -0.39 is 0 Å². The molecule has 3 rings (SSSR count). The summed E-state index contributed by atoms with van der Waals surface area (Å²) in [6, 6.07) is 6.94. The molecule has 2 amide bonds. The number of hydrogen-bond acceptors (Lipinski definition) is 4. The third-order valence-corrected chi connectivity index (χ3v) is 4.95. The molecule has 0 saturated carbocycles. The number of rotatable bonds is 5. The van der Waals surface area contributed by atoms with Crippen LogP contribution in [0.2, 0.25) is 0 Å². The summed E-state index contributed by atoms with van der Waals surface area (Å²) in [4.78, 5) is 28.7. The summed E-state index contributed by atoms with van der Waals surface area (Å²) in [6.07, 6.45) is 3.44. The van der Waals surface area contributed by atoms with Crippen LogP contribution >= 0.6 is 0 Å². The Balaban J connectivity index is 1.70. The number of benzene rings is 1. The molecular formula is C19H26N2O3. The summed E-state index contributed by atoms with van der Waals surface area (Å²) < 4.78 is 5.56. The van der Waals surface area contributed by atoms with E-state index in [1.165, 1.54) is 4.90 Å². The number of anilines is 1. The van der Waals surface area contributed by atoms with Gasteiger partial charge in [-0.3, -0.25) is 14.5 Å². The van der Waals surface area contributed by atoms with E-state index in [9.17, 15) is 9.59 Å². The molecule has 1 aromatic rings. The number of piperidine rings is 1. The number of carbonyl (C=O) groups is 2. The first-order valence-electron chi connectivity index (χ1n) is 8.94. The molecule has 2 heterocycles. The van der Waals surface area contributed by atoms with Gasteiger partial charge in [0.05, 0.1) is 24.8 Å². The number of likely N-dealkylation sites (tertiary alicyclic amines) is 1. The zero-order valence-electron chi connectivity index (χ0n) is 14.5. The third kappa shape index (κ3) is 3.46. The largest absolute Gasteiger partial charge is 0.494 e. The first-order chi connectivity index (χ1) is 11.6. The Labute approximate surface area is 143 Å². The Morgan fingerprint density at radius 1 is 1.12 bits per heavy atom. The molecule has 0 N–H and O–H groups in total. The molecule has 0 aromatic heterocycles. The number of amides is 2. The van der Waals surface area contributed by atoms with E-state index in [0.717, 1.165) is 38.1 Å². The van der Waals surface area contributed by atoms with Crippen molar-refractivity contribution in [2.24, 2.45) is 5.92 Å². The van der Waals surface area contributed by atoms with Gasteiger partial charge < -0.3 is 4.74 Å². The van der Waals surface area contributed by atoms with Crippen molar-refractivity contribution in [3.05, 3.63) is 24.3 Å². The van der Waals surface area contributed by atoms with Crippen molar-refractivity contribution in [1.29, 1.82) is 0 Å². The van der Waals surface area contributed by atoms with Crippen LogP contribution in [0.25, 0.3) is 0 Å². The summed E-state index contributed by atoms with van der Waals surface area (Å²) in [7, 11) is 0. The van der Waals surface area contributed by atoms with Crippen molar-refractivity contribution < 1.29 is 14.3 Å². The lowest BCUT2D eigenvalue weighted by molar-refractivity contribution is -0.123. The molecule has 2 aliphatic heterocycles. The fourth-order valence-corrected chi connectivity index (χ4v) is 3.42. The van der Waals surface area contributed by atoms with Crippen LogP contribution in [-0.4, -0.2) is 42.5 Å². The normalized spacial score (nSPS) is 23.1. The second-order valence-corrected chi connectivity index (χ2v) is 6.85. The fourth-order valence-electron chi connectivity index (χ4n) is 3.42. The molecule has 5 nitrogen and oxygen atoms in total. The minimum atomic E-state index is -0.291. The van der Waals surface area contributed by atoms with Crippen molar-refractivity contribution in [2.75, 3.05) is 24.6 Å². The van der Waals surface area contributed by atoms with E-state index in [4.69, 9.17) is 4.74 Å². The van der Waals surface area contributed by atoms with Gasteiger partial charge in [-0.1, -0.05) is 13.8 Å². The average molecular weight is 330 g/mol. The Morgan fingerprint density at radius 3 is 2.42 bits per heavy atom. The molecule has 0 bridgehead atoms. The van der Waals surface area contributed by atoms with Crippen molar-refractivity contribution in [3.63, 3.8) is 0 Å².